The largest absolute Gasteiger partial charge is 0.468 e. The smallest absolute Gasteiger partial charge is 0.325 e. The zero-order valence-electron chi connectivity index (χ0n) is 14.3. The van der Waals surface area contributed by atoms with E-state index in [0.717, 1.165) is 18.2 Å². The summed E-state index contributed by atoms with van der Waals surface area (Å²) in [7, 11) is 1.21. The van der Waals surface area contributed by atoms with E-state index < -0.39 is 35.1 Å². The van der Waals surface area contributed by atoms with Crippen LogP contribution >= 0.6 is 0 Å². The van der Waals surface area contributed by atoms with Crippen molar-refractivity contribution in [1.82, 2.24) is 10.2 Å². The van der Waals surface area contributed by atoms with Crippen molar-refractivity contribution in [3.05, 3.63) is 35.4 Å². The summed E-state index contributed by atoms with van der Waals surface area (Å²) in [4.78, 5) is 26.3. The third-order valence-corrected chi connectivity index (χ3v) is 4.55. The van der Waals surface area contributed by atoms with Crippen LogP contribution in [0, 0.1) is 11.6 Å². The normalized spacial score (nSPS) is 23.0. The predicted octanol–water partition coefficient (Wildman–Crippen LogP) is 0.396. The lowest BCUT2D eigenvalue weighted by atomic mass is 9.91. The van der Waals surface area contributed by atoms with Crippen molar-refractivity contribution in [2.75, 3.05) is 46.6 Å². The van der Waals surface area contributed by atoms with Gasteiger partial charge in [-0.3, -0.25) is 14.9 Å². The molecule has 1 N–H and O–H groups in total. The van der Waals surface area contributed by atoms with Crippen LogP contribution in [0.3, 0.4) is 0 Å². The molecular weight excluding hydrogens is 350 g/mol. The molecule has 1 aromatic carbocycles. The molecule has 3 rings (SSSR count). The maximum Gasteiger partial charge on any atom is 0.325 e. The average Bonchev–Trinajstić information content (AvgIpc) is 2.84. The molecule has 26 heavy (non-hydrogen) atoms. The van der Waals surface area contributed by atoms with Crippen LogP contribution in [0.1, 0.15) is 11.6 Å². The minimum Gasteiger partial charge on any atom is -0.468 e. The summed E-state index contributed by atoms with van der Waals surface area (Å²) < 4.78 is 42.8. The predicted molar refractivity (Wildman–Crippen MR) is 85.2 cm³/mol. The number of halogens is 2. The van der Waals surface area contributed by atoms with Crippen LogP contribution in [0.25, 0.3) is 0 Å². The van der Waals surface area contributed by atoms with Crippen LogP contribution in [-0.4, -0.2) is 68.9 Å². The molecule has 9 heteroatoms. The first kappa shape index (κ1) is 18.7. The van der Waals surface area contributed by atoms with Crippen molar-refractivity contribution in [2.24, 2.45) is 0 Å². The Labute approximate surface area is 149 Å². The van der Waals surface area contributed by atoms with Crippen LogP contribution in [0.2, 0.25) is 0 Å². The van der Waals surface area contributed by atoms with Crippen molar-refractivity contribution in [1.29, 1.82) is 0 Å². The van der Waals surface area contributed by atoms with Crippen molar-refractivity contribution < 1.29 is 32.6 Å². The maximum absolute atomic E-state index is 13.6. The number of carbonyl (C=O) groups excluding carboxylic acids is 2. The van der Waals surface area contributed by atoms with Gasteiger partial charge in [0.05, 0.1) is 39.6 Å². The Morgan fingerprint density at radius 1 is 1.27 bits per heavy atom. The summed E-state index contributed by atoms with van der Waals surface area (Å²) in [5.41, 5.74) is -0.898. The third kappa shape index (κ3) is 3.69. The summed E-state index contributed by atoms with van der Waals surface area (Å²) in [6.07, 6.45) is 0. The molecular formula is C17H20F2N2O5. The van der Waals surface area contributed by atoms with E-state index in [1.807, 2.05) is 0 Å². The van der Waals surface area contributed by atoms with E-state index in [2.05, 4.69) is 10.1 Å². The van der Waals surface area contributed by atoms with Gasteiger partial charge in [-0.05, 0) is 17.7 Å². The van der Waals surface area contributed by atoms with E-state index >= 15 is 0 Å². The van der Waals surface area contributed by atoms with Crippen molar-refractivity contribution in [3.8, 4) is 0 Å². The Balaban J connectivity index is 1.94. The Morgan fingerprint density at radius 3 is 2.46 bits per heavy atom. The number of nitrogens with one attached hydrogen (secondary N) is 1. The standard InChI is InChI=1S/C17H20F2N2O5/c1-24-15(22)8-21-14(11-4-12(18)6-13(19)5-11)7-20-17(16(21)23)9-25-2-3-26-10-17/h4-6,14,20H,2-3,7-10H2,1H3. The highest BCUT2D eigenvalue weighted by molar-refractivity contribution is 5.91. The number of carbonyl (C=O) groups is 2. The number of hydrogen-bond donors (Lipinski definition) is 1. The second kappa shape index (κ2) is 7.65. The monoisotopic (exact) mass is 370 g/mol. The van der Waals surface area contributed by atoms with E-state index in [0.29, 0.717) is 13.2 Å². The fourth-order valence-corrected chi connectivity index (χ4v) is 3.22. The first-order valence-corrected chi connectivity index (χ1v) is 8.19. The number of ether oxygens (including phenoxy) is 3. The summed E-state index contributed by atoms with van der Waals surface area (Å²) >= 11 is 0. The lowest BCUT2D eigenvalue weighted by Gasteiger charge is -2.45. The van der Waals surface area contributed by atoms with Crippen LogP contribution < -0.4 is 5.32 Å². The van der Waals surface area contributed by atoms with Gasteiger partial charge in [0.2, 0.25) is 5.91 Å². The second-order valence-electron chi connectivity index (χ2n) is 6.30. The number of benzene rings is 1. The SMILES string of the molecule is COC(=O)CN1C(=O)C2(COCCOC2)NCC1c1cc(F)cc(F)c1. The van der Waals surface area contributed by atoms with Crippen LogP contribution in [0.4, 0.5) is 8.78 Å². The second-order valence-corrected chi connectivity index (χ2v) is 6.30. The molecule has 2 fully saturated rings. The van der Waals surface area contributed by atoms with Gasteiger partial charge in [0, 0.05) is 12.6 Å². The number of rotatable bonds is 3. The van der Waals surface area contributed by atoms with Crippen molar-refractivity contribution in [3.63, 3.8) is 0 Å². The quantitative estimate of drug-likeness (QED) is 0.776. The van der Waals surface area contributed by atoms with E-state index in [1.54, 1.807) is 0 Å². The van der Waals surface area contributed by atoms with Gasteiger partial charge in [-0.2, -0.15) is 0 Å². The molecule has 2 saturated heterocycles. The molecule has 2 aliphatic rings. The van der Waals surface area contributed by atoms with E-state index in [9.17, 15) is 18.4 Å². The first-order chi connectivity index (χ1) is 12.4. The van der Waals surface area contributed by atoms with Gasteiger partial charge in [-0.1, -0.05) is 0 Å². The molecule has 1 aromatic rings. The van der Waals surface area contributed by atoms with E-state index in [4.69, 9.17) is 9.47 Å². The Bertz CT molecular complexity index is 671. The van der Waals surface area contributed by atoms with Crippen molar-refractivity contribution >= 4 is 11.9 Å². The molecule has 0 radical (unpaired) electrons. The van der Waals surface area contributed by atoms with Gasteiger partial charge in [-0.15, -0.1) is 0 Å². The molecule has 0 aliphatic carbocycles. The lowest BCUT2D eigenvalue weighted by molar-refractivity contribution is -0.157. The zero-order chi connectivity index (χ0) is 18.7. The number of nitrogens with zero attached hydrogens (tertiary/aromatic N) is 1. The lowest BCUT2D eigenvalue weighted by Crippen LogP contribution is -2.69. The van der Waals surface area contributed by atoms with Gasteiger partial charge in [0.25, 0.3) is 0 Å². The molecule has 7 nitrogen and oxygen atoms in total. The highest BCUT2D eigenvalue weighted by Crippen LogP contribution is 2.30. The molecule has 1 atom stereocenters. The zero-order valence-corrected chi connectivity index (χ0v) is 14.3. The summed E-state index contributed by atoms with van der Waals surface area (Å²) in [5.74, 6) is -2.59. The van der Waals surface area contributed by atoms with E-state index in [-0.39, 0.29) is 31.9 Å². The Morgan fingerprint density at radius 2 is 1.88 bits per heavy atom. The number of hydrogen-bond acceptors (Lipinski definition) is 6. The summed E-state index contributed by atoms with van der Waals surface area (Å²) in [5, 5.41) is 3.09. The van der Waals surface area contributed by atoms with Gasteiger partial charge >= 0.3 is 5.97 Å². The third-order valence-electron chi connectivity index (χ3n) is 4.55. The Kier molecular flexibility index (Phi) is 5.49. The number of methoxy groups -OCH3 is 1. The van der Waals surface area contributed by atoms with Gasteiger partial charge in [-0.25, -0.2) is 8.78 Å². The minimum atomic E-state index is -1.15. The van der Waals surface area contributed by atoms with Crippen LogP contribution in [0.5, 0.6) is 0 Å². The molecule has 1 unspecified atom stereocenters. The van der Waals surface area contributed by atoms with Gasteiger partial charge < -0.3 is 19.1 Å². The number of esters is 1. The molecule has 2 aliphatic heterocycles. The van der Waals surface area contributed by atoms with Crippen molar-refractivity contribution in [2.45, 2.75) is 11.6 Å². The first-order valence-electron chi connectivity index (χ1n) is 8.19. The molecule has 1 spiro atoms. The highest BCUT2D eigenvalue weighted by Gasteiger charge is 2.49. The van der Waals surface area contributed by atoms with Gasteiger partial charge in [0.1, 0.15) is 23.7 Å². The fourth-order valence-electron chi connectivity index (χ4n) is 3.22. The number of piperazine rings is 1. The molecule has 142 valence electrons. The molecule has 1 amide bonds. The Hall–Kier alpha value is -2.10. The summed E-state index contributed by atoms with van der Waals surface area (Å²) in [6.45, 7) is 0.694. The maximum atomic E-state index is 13.6. The average molecular weight is 370 g/mol. The van der Waals surface area contributed by atoms with Crippen LogP contribution in [0.15, 0.2) is 18.2 Å². The molecule has 0 aromatic heterocycles. The molecule has 2 heterocycles. The molecule has 0 bridgehead atoms. The fraction of sp³-hybridized carbons (Fsp3) is 0.529. The topological polar surface area (TPSA) is 77.1 Å². The van der Waals surface area contributed by atoms with Gasteiger partial charge in [0.15, 0.2) is 0 Å². The van der Waals surface area contributed by atoms with E-state index in [1.165, 1.54) is 12.0 Å². The summed E-state index contributed by atoms with van der Waals surface area (Å²) in [6, 6.07) is 2.30. The highest BCUT2D eigenvalue weighted by atomic mass is 19.1. The minimum absolute atomic E-state index is 0.0771. The molecule has 0 saturated carbocycles. The van der Waals surface area contributed by atoms with Crippen LogP contribution in [-0.2, 0) is 23.8 Å². The number of amides is 1.